The van der Waals surface area contributed by atoms with Crippen molar-refractivity contribution in [2.45, 2.75) is 0 Å². The van der Waals surface area contributed by atoms with Crippen LogP contribution in [0.2, 0.25) is 0 Å². The molecule has 0 bridgehead atoms. The summed E-state index contributed by atoms with van der Waals surface area (Å²) in [5.74, 6) is 1.57. The van der Waals surface area contributed by atoms with Crippen molar-refractivity contribution in [1.29, 1.82) is 0 Å². The molecule has 0 unspecified atom stereocenters. The van der Waals surface area contributed by atoms with Crippen LogP contribution in [0.1, 0.15) is 20.7 Å². The predicted octanol–water partition coefficient (Wildman–Crippen LogP) is 8.82. The lowest BCUT2D eigenvalue weighted by Gasteiger charge is -2.19. The highest BCUT2D eigenvalue weighted by Gasteiger charge is 2.20. The molecule has 0 fully saturated rings. The molecule has 0 spiro atoms. The van der Waals surface area contributed by atoms with Gasteiger partial charge in [0.15, 0.2) is 0 Å². The van der Waals surface area contributed by atoms with Crippen molar-refractivity contribution < 1.29 is 28.5 Å². The molecule has 0 aliphatic heterocycles. The average molecular weight is 555 g/mol. The van der Waals surface area contributed by atoms with Crippen molar-refractivity contribution in [3.8, 4) is 34.1 Å². The van der Waals surface area contributed by atoms with E-state index in [4.69, 9.17) is 18.9 Å². The Kier molecular flexibility index (Phi) is 7.26. The minimum Gasteiger partial charge on any atom is -0.465 e. The maximum atomic E-state index is 11.9. The summed E-state index contributed by atoms with van der Waals surface area (Å²) in [7, 11) is 2.71. The fraction of sp³-hybridized carbons (Fsp3) is 0.0556. The van der Waals surface area contributed by atoms with E-state index in [9.17, 15) is 9.59 Å². The fourth-order valence-electron chi connectivity index (χ4n) is 5.00. The molecule has 6 nitrogen and oxygen atoms in total. The molecule has 0 aromatic heterocycles. The first-order valence-electron chi connectivity index (χ1n) is 13.3. The highest BCUT2D eigenvalue weighted by molar-refractivity contribution is 6.10. The highest BCUT2D eigenvalue weighted by atomic mass is 16.5. The first-order chi connectivity index (χ1) is 20.6. The molecule has 0 saturated carbocycles. The summed E-state index contributed by atoms with van der Waals surface area (Å²) in [5.41, 5.74) is 2.60. The topological polar surface area (TPSA) is 71.1 Å². The lowest BCUT2D eigenvalue weighted by Crippen LogP contribution is -2.00. The molecule has 0 radical (unpaired) electrons. The van der Waals surface area contributed by atoms with Crippen LogP contribution in [-0.4, -0.2) is 26.2 Å². The lowest BCUT2D eigenvalue weighted by atomic mass is 9.92. The maximum absolute atomic E-state index is 11.9. The zero-order chi connectivity index (χ0) is 29.1. The summed E-state index contributed by atoms with van der Waals surface area (Å²) < 4.78 is 22.6. The summed E-state index contributed by atoms with van der Waals surface area (Å²) in [4.78, 5) is 23.9. The number of fused-ring (bicyclic) bond motifs is 2. The summed E-state index contributed by atoms with van der Waals surface area (Å²) in [6.45, 7) is 0. The van der Waals surface area contributed by atoms with Crippen LogP contribution in [0.3, 0.4) is 0 Å². The van der Waals surface area contributed by atoms with Crippen molar-refractivity contribution in [3.63, 3.8) is 0 Å². The van der Waals surface area contributed by atoms with Gasteiger partial charge in [-0.3, -0.25) is 0 Å². The third kappa shape index (κ3) is 5.13. The molecule has 0 atom stereocenters. The van der Waals surface area contributed by atoms with Crippen LogP contribution in [0.4, 0.5) is 0 Å². The van der Waals surface area contributed by atoms with Gasteiger partial charge in [0.1, 0.15) is 23.0 Å². The molecule has 6 heteroatoms. The van der Waals surface area contributed by atoms with Gasteiger partial charge in [0.05, 0.1) is 25.3 Å². The number of hydrogen-bond donors (Lipinski definition) is 0. The first kappa shape index (κ1) is 26.6. The van der Waals surface area contributed by atoms with Gasteiger partial charge in [-0.25, -0.2) is 9.59 Å². The smallest absolute Gasteiger partial charge is 0.337 e. The molecule has 0 amide bonds. The Hall–Kier alpha value is -5.62. The molecule has 42 heavy (non-hydrogen) atoms. The molecule has 0 aliphatic carbocycles. The molecule has 6 rings (SSSR count). The number of carbonyl (C=O) groups excluding carboxylic acids is 2. The van der Waals surface area contributed by atoms with Crippen LogP contribution in [0.5, 0.6) is 23.0 Å². The Morgan fingerprint density at radius 3 is 1.21 bits per heavy atom. The maximum Gasteiger partial charge on any atom is 0.337 e. The second-order valence-corrected chi connectivity index (χ2v) is 9.56. The van der Waals surface area contributed by atoms with Crippen molar-refractivity contribution in [3.05, 3.63) is 132 Å². The minimum atomic E-state index is -0.412. The minimum absolute atomic E-state index is 0.412. The Labute approximate surface area is 242 Å². The number of methoxy groups -OCH3 is 2. The van der Waals surface area contributed by atoms with Gasteiger partial charge in [-0.2, -0.15) is 0 Å². The molecule has 6 aromatic rings. The van der Waals surface area contributed by atoms with Gasteiger partial charge in [-0.05, 0) is 82.2 Å². The summed E-state index contributed by atoms with van der Waals surface area (Å²) in [5, 5.41) is 4.07. The molecule has 0 aliphatic rings. The summed E-state index contributed by atoms with van der Waals surface area (Å²) in [6, 6.07) is 37.9. The van der Waals surface area contributed by atoms with Crippen molar-refractivity contribution in [2.24, 2.45) is 0 Å². The van der Waals surface area contributed by atoms with E-state index in [0.29, 0.717) is 34.1 Å². The Morgan fingerprint density at radius 2 is 0.833 bits per heavy atom. The van der Waals surface area contributed by atoms with E-state index in [-0.39, 0.29) is 0 Å². The van der Waals surface area contributed by atoms with Crippen LogP contribution in [-0.2, 0) is 9.47 Å². The van der Waals surface area contributed by atoms with Crippen LogP contribution in [0, 0.1) is 0 Å². The molecule has 206 valence electrons. The second-order valence-electron chi connectivity index (χ2n) is 9.56. The number of rotatable bonds is 7. The first-order valence-corrected chi connectivity index (χ1v) is 13.3. The van der Waals surface area contributed by atoms with Crippen LogP contribution in [0.25, 0.3) is 32.7 Å². The van der Waals surface area contributed by atoms with Crippen LogP contribution >= 0.6 is 0 Å². The van der Waals surface area contributed by atoms with E-state index in [0.717, 1.165) is 32.7 Å². The summed E-state index contributed by atoms with van der Waals surface area (Å²) >= 11 is 0. The van der Waals surface area contributed by atoms with Crippen molar-refractivity contribution >= 4 is 33.5 Å². The van der Waals surface area contributed by atoms with Gasteiger partial charge in [0.2, 0.25) is 0 Å². The quantitative estimate of drug-likeness (QED) is 0.184. The Balaban J connectivity index is 1.52. The Bertz CT molecular complexity index is 1780. The second kappa shape index (κ2) is 11.5. The number of hydrogen-bond acceptors (Lipinski definition) is 6. The van der Waals surface area contributed by atoms with Gasteiger partial charge < -0.3 is 18.9 Å². The van der Waals surface area contributed by atoms with Crippen molar-refractivity contribution in [1.82, 2.24) is 0 Å². The van der Waals surface area contributed by atoms with E-state index in [2.05, 4.69) is 24.3 Å². The highest BCUT2D eigenvalue weighted by Crippen LogP contribution is 2.47. The molecular formula is C36H26O6. The molecule has 6 aromatic carbocycles. The van der Waals surface area contributed by atoms with Gasteiger partial charge >= 0.3 is 11.9 Å². The van der Waals surface area contributed by atoms with Gasteiger partial charge in [-0.15, -0.1) is 0 Å². The molecule has 0 heterocycles. The Morgan fingerprint density at radius 1 is 0.452 bits per heavy atom. The van der Waals surface area contributed by atoms with Crippen LogP contribution in [0.15, 0.2) is 121 Å². The zero-order valence-electron chi connectivity index (χ0n) is 23.0. The normalized spacial score (nSPS) is 10.8. The number of esters is 2. The molecule has 0 N–H and O–H groups in total. The molecular weight excluding hydrogens is 528 g/mol. The van der Waals surface area contributed by atoms with Gasteiger partial charge in [0.25, 0.3) is 0 Å². The zero-order valence-corrected chi connectivity index (χ0v) is 23.0. The molecule has 0 saturated heterocycles. The number of carbonyl (C=O) groups is 2. The SMILES string of the molecule is COC(=O)c1ccc(Oc2ccc3ccccc3c2-c2c(Oc3ccc(C(=O)OC)cc3)ccc3ccccc23)cc1. The lowest BCUT2D eigenvalue weighted by molar-refractivity contribution is 0.0592. The summed E-state index contributed by atoms with van der Waals surface area (Å²) in [6.07, 6.45) is 0. The third-order valence-corrected chi connectivity index (χ3v) is 7.04. The van der Waals surface area contributed by atoms with E-state index in [1.165, 1.54) is 14.2 Å². The third-order valence-electron chi connectivity index (χ3n) is 7.04. The average Bonchev–Trinajstić information content (AvgIpc) is 3.05. The monoisotopic (exact) mass is 554 g/mol. The van der Waals surface area contributed by atoms with E-state index < -0.39 is 11.9 Å². The number of benzene rings is 6. The van der Waals surface area contributed by atoms with Gasteiger partial charge in [-0.1, -0.05) is 60.7 Å². The predicted molar refractivity (Wildman–Crippen MR) is 163 cm³/mol. The van der Waals surface area contributed by atoms with E-state index in [1.54, 1.807) is 48.5 Å². The number of ether oxygens (including phenoxy) is 4. The van der Waals surface area contributed by atoms with Crippen molar-refractivity contribution in [2.75, 3.05) is 14.2 Å². The fourth-order valence-corrected chi connectivity index (χ4v) is 5.00. The standard InChI is InChI=1S/C36H26O6/c1-39-35(37)25-11-17-27(18-12-25)41-31-21-15-23-7-3-5-9-29(23)33(31)34-30-10-6-4-8-24(30)16-22-32(34)42-28-19-13-26(14-20-28)36(38)40-2/h3-22H,1-2H3. The van der Waals surface area contributed by atoms with E-state index in [1.807, 2.05) is 48.5 Å². The van der Waals surface area contributed by atoms with Gasteiger partial charge in [0, 0.05) is 11.1 Å². The van der Waals surface area contributed by atoms with E-state index >= 15 is 0 Å². The van der Waals surface area contributed by atoms with Crippen LogP contribution < -0.4 is 9.47 Å². The largest absolute Gasteiger partial charge is 0.465 e.